The molecular weight excluding hydrogens is 210 g/mol. The van der Waals surface area contributed by atoms with Gasteiger partial charge in [0.1, 0.15) is 18.1 Å². The van der Waals surface area contributed by atoms with Crippen molar-refractivity contribution in [3.63, 3.8) is 0 Å². The second-order valence-corrected chi connectivity index (χ2v) is 4.45. The van der Waals surface area contributed by atoms with Gasteiger partial charge in [-0.2, -0.15) is 11.8 Å². The van der Waals surface area contributed by atoms with Crippen LogP contribution in [0.5, 0.6) is 0 Å². The van der Waals surface area contributed by atoms with Crippen molar-refractivity contribution >= 4 is 11.8 Å². The predicted octanol–water partition coefficient (Wildman–Crippen LogP) is 2.27. The molecule has 1 atom stereocenters. The normalized spacial score (nSPS) is 13.0. The van der Waals surface area contributed by atoms with Crippen molar-refractivity contribution in [3.8, 4) is 0 Å². The zero-order chi connectivity index (χ0) is 11.1. The maximum absolute atomic E-state index is 5.56. The lowest BCUT2D eigenvalue weighted by molar-refractivity contribution is 0.162. The third-order valence-corrected chi connectivity index (χ3v) is 2.88. The van der Waals surface area contributed by atoms with Gasteiger partial charge >= 0.3 is 0 Å². The van der Waals surface area contributed by atoms with Crippen LogP contribution < -0.4 is 5.32 Å². The van der Waals surface area contributed by atoms with Crippen molar-refractivity contribution in [2.24, 2.45) is 0 Å². The van der Waals surface area contributed by atoms with Gasteiger partial charge in [-0.3, -0.25) is 0 Å². The highest BCUT2D eigenvalue weighted by Gasteiger charge is 2.04. The molecule has 1 heterocycles. The molecule has 0 bridgehead atoms. The molecule has 0 saturated heterocycles. The summed E-state index contributed by atoms with van der Waals surface area (Å²) in [7, 11) is 1.67. The van der Waals surface area contributed by atoms with E-state index in [2.05, 4.69) is 18.5 Å². The first-order valence-corrected chi connectivity index (χ1v) is 6.44. The smallest absolute Gasteiger partial charge is 0.129 e. The number of methoxy groups -OCH3 is 1. The number of furan rings is 1. The summed E-state index contributed by atoms with van der Waals surface area (Å²) in [5.74, 6) is 2.97. The van der Waals surface area contributed by atoms with Gasteiger partial charge in [0.15, 0.2) is 0 Å². The molecule has 0 aliphatic heterocycles. The van der Waals surface area contributed by atoms with E-state index in [4.69, 9.17) is 9.15 Å². The van der Waals surface area contributed by atoms with Crippen LogP contribution in [0.3, 0.4) is 0 Å². The fourth-order valence-corrected chi connectivity index (χ4v) is 1.94. The van der Waals surface area contributed by atoms with Crippen LogP contribution in [-0.4, -0.2) is 25.2 Å². The van der Waals surface area contributed by atoms with Crippen molar-refractivity contribution in [1.29, 1.82) is 0 Å². The number of ether oxygens (including phenoxy) is 1. The van der Waals surface area contributed by atoms with E-state index in [-0.39, 0.29) is 0 Å². The van der Waals surface area contributed by atoms with Crippen molar-refractivity contribution in [2.45, 2.75) is 26.1 Å². The molecule has 0 spiro atoms. The molecule has 0 amide bonds. The van der Waals surface area contributed by atoms with Crippen molar-refractivity contribution in [2.75, 3.05) is 19.1 Å². The Morgan fingerprint density at radius 2 is 2.20 bits per heavy atom. The summed E-state index contributed by atoms with van der Waals surface area (Å²) in [5.41, 5.74) is 0. The molecule has 0 saturated carbocycles. The number of rotatable bonds is 7. The highest BCUT2D eigenvalue weighted by Crippen LogP contribution is 2.09. The monoisotopic (exact) mass is 229 g/mol. The van der Waals surface area contributed by atoms with Gasteiger partial charge in [0.05, 0.1) is 6.54 Å². The summed E-state index contributed by atoms with van der Waals surface area (Å²) in [6, 6.07) is 4.46. The minimum Gasteiger partial charge on any atom is -0.462 e. The van der Waals surface area contributed by atoms with Crippen molar-refractivity contribution in [1.82, 2.24) is 5.32 Å². The molecule has 1 N–H and O–H groups in total. The highest BCUT2D eigenvalue weighted by atomic mass is 32.2. The first kappa shape index (κ1) is 12.6. The van der Waals surface area contributed by atoms with Crippen LogP contribution >= 0.6 is 11.8 Å². The Balaban J connectivity index is 2.30. The van der Waals surface area contributed by atoms with Crippen LogP contribution in [0.25, 0.3) is 0 Å². The topological polar surface area (TPSA) is 34.4 Å². The van der Waals surface area contributed by atoms with Crippen LogP contribution in [0.15, 0.2) is 16.5 Å². The maximum atomic E-state index is 5.56. The molecule has 86 valence electrons. The SMILES string of the molecule is COCc1ccc(CNC(C)CSC)o1. The molecule has 0 aliphatic rings. The molecule has 0 aromatic carbocycles. The van der Waals surface area contributed by atoms with E-state index in [0.29, 0.717) is 12.6 Å². The fourth-order valence-electron chi connectivity index (χ4n) is 1.32. The number of hydrogen-bond donors (Lipinski definition) is 1. The standard InChI is InChI=1S/C11H19NO2S/c1-9(8-15-3)12-6-10-4-5-11(14-10)7-13-2/h4-5,9,12H,6-8H2,1-3H3. The molecule has 0 radical (unpaired) electrons. The van der Waals surface area contributed by atoms with E-state index in [1.54, 1.807) is 7.11 Å². The van der Waals surface area contributed by atoms with E-state index < -0.39 is 0 Å². The van der Waals surface area contributed by atoms with Gasteiger partial charge < -0.3 is 14.5 Å². The van der Waals surface area contributed by atoms with Crippen molar-refractivity contribution in [3.05, 3.63) is 23.7 Å². The van der Waals surface area contributed by atoms with Crippen LogP contribution in [0.1, 0.15) is 18.4 Å². The van der Waals surface area contributed by atoms with Gasteiger partial charge in [0, 0.05) is 18.9 Å². The molecule has 3 nitrogen and oxygen atoms in total. The van der Waals surface area contributed by atoms with E-state index in [1.807, 2.05) is 23.9 Å². The summed E-state index contributed by atoms with van der Waals surface area (Å²) in [4.78, 5) is 0. The molecule has 15 heavy (non-hydrogen) atoms. The largest absolute Gasteiger partial charge is 0.462 e. The summed E-state index contributed by atoms with van der Waals surface area (Å²) in [6.45, 7) is 3.50. The zero-order valence-electron chi connectivity index (χ0n) is 9.58. The van der Waals surface area contributed by atoms with Crippen LogP contribution in [0.2, 0.25) is 0 Å². The summed E-state index contributed by atoms with van der Waals surface area (Å²) in [5, 5.41) is 3.40. The summed E-state index contributed by atoms with van der Waals surface area (Å²) >= 11 is 1.85. The van der Waals surface area contributed by atoms with Gasteiger partial charge in [-0.25, -0.2) is 0 Å². The fraction of sp³-hybridized carbons (Fsp3) is 0.636. The lowest BCUT2D eigenvalue weighted by atomic mass is 10.3. The molecular formula is C11H19NO2S. The van der Waals surface area contributed by atoms with Crippen LogP contribution in [0.4, 0.5) is 0 Å². The molecule has 0 aliphatic carbocycles. The summed E-state index contributed by atoms with van der Waals surface area (Å²) < 4.78 is 10.5. The Kier molecular flexibility index (Phi) is 5.83. The second-order valence-electron chi connectivity index (χ2n) is 3.54. The molecule has 4 heteroatoms. The zero-order valence-corrected chi connectivity index (χ0v) is 10.4. The van der Waals surface area contributed by atoms with Crippen molar-refractivity contribution < 1.29 is 9.15 Å². The average molecular weight is 229 g/mol. The Bertz CT molecular complexity index is 275. The maximum Gasteiger partial charge on any atom is 0.129 e. The van der Waals surface area contributed by atoms with Gasteiger partial charge in [0.25, 0.3) is 0 Å². The number of thioether (sulfide) groups is 1. The minimum absolute atomic E-state index is 0.510. The number of nitrogens with one attached hydrogen (secondary N) is 1. The molecule has 0 fully saturated rings. The Morgan fingerprint density at radius 1 is 1.47 bits per heavy atom. The number of hydrogen-bond acceptors (Lipinski definition) is 4. The van der Waals surface area contributed by atoms with Crippen LogP contribution in [0, 0.1) is 0 Å². The summed E-state index contributed by atoms with van der Waals surface area (Å²) in [6.07, 6.45) is 2.11. The molecule has 1 aromatic rings. The highest BCUT2D eigenvalue weighted by molar-refractivity contribution is 7.98. The van der Waals surface area contributed by atoms with E-state index in [0.717, 1.165) is 23.8 Å². The first-order chi connectivity index (χ1) is 7.26. The molecule has 1 rings (SSSR count). The van der Waals surface area contributed by atoms with E-state index >= 15 is 0 Å². The Labute approximate surface area is 95.6 Å². The Morgan fingerprint density at radius 3 is 2.87 bits per heavy atom. The third kappa shape index (κ3) is 4.73. The Hall–Kier alpha value is -0.450. The predicted molar refractivity (Wildman–Crippen MR) is 64.1 cm³/mol. The quantitative estimate of drug-likeness (QED) is 0.778. The average Bonchev–Trinajstić information content (AvgIpc) is 2.64. The van der Waals surface area contributed by atoms with Gasteiger partial charge in [-0.15, -0.1) is 0 Å². The minimum atomic E-state index is 0.510. The lowest BCUT2D eigenvalue weighted by Gasteiger charge is -2.10. The molecule has 1 unspecified atom stereocenters. The second kappa shape index (κ2) is 6.93. The van der Waals surface area contributed by atoms with Gasteiger partial charge in [0.2, 0.25) is 0 Å². The lowest BCUT2D eigenvalue weighted by Crippen LogP contribution is -2.27. The van der Waals surface area contributed by atoms with Gasteiger partial charge in [-0.05, 0) is 25.3 Å². The van der Waals surface area contributed by atoms with E-state index in [9.17, 15) is 0 Å². The third-order valence-electron chi connectivity index (χ3n) is 2.05. The molecule has 1 aromatic heterocycles. The van der Waals surface area contributed by atoms with Gasteiger partial charge in [-0.1, -0.05) is 0 Å². The first-order valence-electron chi connectivity index (χ1n) is 5.05. The van der Waals surface area contributed by atoms with E-state index in [1.165, 1.54) is 0 Å². The van der Waals surface area contributed by atoms with Crippen LogP contribution in [-0.2, 0) is 17.9 Å².